The Labute approximate surface area is 74.2 Å². The van der Waals surface area contributed by atoms with Gasteiger partial charge in [0.05, 0.1) is 0 Å². The molecule has 1 aliphatic rings. The van der Waals surface area contributed by atoms with Gasteiger partial charge in [-0.25, -0.2) is 0 Å². The van der Waals surface area contributed by atoms with Crippen molar-refractivity contribution >= 4 is 5.78 Å². The first-order valence-electron chi connectivity index (χ1n) is 4.74. The second-order valence-corrected chi connectivity index (χ2v) is 3.16. The highest BCUT2D eigenvalue weighted by molar-refractivity contribution is 5.89. The molecule has 66 valence electrons. The van der Waals surface area contributed by atoms with Gasteiger partial charge in [0.15, 0.2) is 5.78 Å². The van der Waals surface area contributed by atoms with Crippen LogP contribution in [-0.2, 0) is 4.79 Å². The molecule has 0 bridgehead atoms. The molecule has 0 saturated carbocycles. The zero-order valence-corrected chi connectivity index (χ0v) is 7.46. The molecule has 0 fully saturated rings. The standard InChI is InChI=1S/C11H16O/c12-11-9-7-5-3-1-2-4-6-8-10-11/h1-2,7,9H,3-6,8,10H2/b2-1+,9-7+. The molecule has 0 aromatic heterocycles. The summed E-state index contributed by atoms with van der Waals surface area (Å²) in [6.07, 6.45) is 14.3. The van der Waals surface area contributed by atoms with Crippen molar-refractivity contribution in [2.75, 3.05) is 0 Å². The molecule has 0 aromatic rings. The van der Waals surface area contributed by atoms with E-state index < -0.39 is 0 Å². The first-order chi connectivity index (χ1) is 5.89. The minimum atomic E-state index is 0.289. The largest absolute Gasteiger partial charge is 0.295 e. The Bertz CT molecular complexity index is 189. The van der Waals surface area contributed by atoms with Gasteiger partial charge in [0.2, 0.25) is 0 Å². The minimum absolute atomic E-state index is 0.289. The third-order valence-electron chi connectivity index (χ3n) is 2.01. The van der Waals surface area contributed by atoms with Gasteiger partial charge in [-0.3, -0.25) is 4.79 Å². The number of hydrogen-bond donors (Lipinski definition) is 0. The molecule has 1 nitrogen and oxygen atoms in total. The van der Waals surface area contributed by atoms with E-state index in [1.165, 1.54) is 0 Å². The minimum Gasteiger partial charge on any atom is -0.295 e. The quantitative estimate of drug-likeness (QED) is 0.503. The summed E-state index contributed by atoms with van der Waals surface area (Å²) in [6, 6.07) is 0. The van der Waals surface area contributed by atoms with Crippen LogP contribution in [0, 0.1) is 0 Å². The van der Waals surface area contributed by atoms with Crippen LogP contribution in [0.3, 0.4) is 0 Å². The first kappa shape index (κ1) is 9.24. The van der Waals surface area contributed by atoms with Crippen LogP contribution in [-0.4, -0.2) is 5.78 Å². The van der Waals surface area contributed by atoms with Gasteiger partial charge in [-0.15, -0.1) is 0 Å². The van der Waals surface area contributed by atoms with Crippen LogP contribution in [0.4, 0.5) is 0 Å². The normalized spacial score (nSPS) is 25.8. The zero-order valence-electron chi connectivity index (χ0n) is 7.46. The summed E-state index contributed by atoms with van der Waals surface area (Å²) < 4.78 is 0. The number of carbonyl (C=O) groups is 1. The fourth-order valence-corrected chi connectivity index (χ4v) is 1.29. The van der Waals surface area contributed by atoms with Crippen molar-refractivity contribution in [3.8, 4) is 0 Å². The zero-order chi connectivity index (χ0) is 8.65. The summed E-state index contributed by atoms with van der Waals surface area (Å²) in [7, 11) is 0. The highest BCUT2D eigenvalue weighted by Crippen LogP contribution is 2.05. The average Bonchev–Trinajstić information content (AvgIpc) is 2.11. The summed E-state index contributed by atoms with van der Waals surface area (Å²) in [5.41, 5.74) is 0. The summed E-state index contributed by atoms with van der Waals surface area (Å²) in [5.74, 6) is 0.289. The van der Waals surface area contributed by atoms with Crippen LogP contribution in [0.2, 0.25) is 0 Å². The van der Waals surface area contributed by atoms with E-state index in [0.717, 1.165) is 38.5 Å². The van der Waals surface area contributed by atoms with Gasteiger partial charge in [-0.05, 0) is 38.2 Å². The van der Waals surface area contributed by atoms with Crippen molar-refractivity contribution in [2.24, 2.45) is 0 Å². The number of rotatable bonds is 0. The maximum absolute atomic E-state index is 11.1. The summed E-state index contributed by atoms with van der Waals surface area (Å²) in [6.45, 7) is 0. The Morgan fingerprint density at radius 2 is 1.67 bits per heavy atom. The number of ketones is 1. The van der Waals surface area contributed by atoms with Crippen LogP contribution >= 0.6 is 0 Å². The Morgan fingerprint density at radius 3 is 2.58 bits per heavy atom. The van der Waals surface area contributed by atoms with Gasteiger partial charge >= 0.3 is 0 Å². The molecule has 0 radical (unpaired) electrons. The van der Waals surface area contributed by atoms with Gasteiger partial charge < -0.3 is 0 Å². The Hall–Kier alpha value is -0.850. The lowest BCUT2D eigenvalue weighted by Gasteiger charge is -1.93. The van der Waals surface area contributed by atoms with Crippen LogP contribution in [0.1, 0.15) is 38.5 Å². The molecular formula is C11H16O. The lowest BCUT2D eigenvalue weighted by molar-refractivity contribution is -0.114. The average molecular weight is 164 g/mol. The number of carbonyl (C=O) groups excluding carboxylic acids is 1. The lowest BCUT2D eigenvalue weighted by atomic mass is 10.1. The van der Waals surface area contributed by atoms with Crippen molar-refractivity contribution in [2.45, 2.75) is 38.5 Å². The number of hydrogen-bond acceptors (Lipinski definition) is 1. The highest BCUT2D eigenvalue weighted by atomic mass is 16.1. The molecule has 0 amide bonds. The maximum Gasteiger partial charge on any atom is 0.155 e. The predicted octanol–water partition coefficient (Wildman–Crippen LogP) is 3.02. The van der Waals surface area contributed by atoms with Crippen LogP contribution in [0.15, 0.2) is 24.3 Å². The molecule has 1 rings (SSSR count). The van der Waals surface area contributed by atoms with Gasteiger partial charge in [0, 0.05) is 6.42 Å². The Kier molecular flexibility index (Phi) is 4.43. The summed E-state index contributed by atoms with van der Waals surface area (Å²) in [5, 5.41) is 0. The molecular weight excluding hydrogens is 148 g/mol. The topological polar surface area (TPSA) is 17.1 Å². The fourth-order valence-electron chi connectivity index (χ4n) is 1.29. The van der Waals surface area contributed by atoms with E-state index in [-0.39, 0.29) is 5.78 Å². The molecule has 12 heavy (non-hydrogen) atoms. The van der Waals surface area contributed by atoms with Crippen LogP contribution in [0.25, 0.3) is 0 Å². The van der Waals surface area contributed by atoms with Gasteiger partial charge in [0.25, 0.3) is 0 Å². The van der Waals surface area contributed by atoms with Crippen molar-refractivity contribution in [3.05, 3.63) is 24.3 Å². The smallest absolute Gasteiger partial charge is 0.155 e. The number of allylic oxidation sites excluding steroid dienone is 4. The van der Waals surface area contributed by atoms with E-state index in [2.05, 4.69) is 12.2 Å². The second-order valence-electron chi connectivity index (χ2n) is 3.16. The first-order valence-corrected chi connectivity index (χ1v) is 4.74. The molecule has 0 aliphatic heterocycles. The van der Waals surface area contributed by atoms with E-state index >= 15 is 0 Å². The van der Waals surface area contributed by atoms with E-state index in [1.54, 1.807) is 6.08 Å². The van der Waals surface area contributed by atoms with Gasteiger partial charge in [-0.2, -0.15) is 0 Å². The molecule has 0 atom stereocenters. The molecule has 1 aliphatic carbocycles. The van der Waals surface area contributed by atoms with Gasteiger partial charge in [0.1, 0.15) is 0 Å². The summed E-state index contributed by atoms with van der Waals surface area (Å²) in [4.78, 5) is 11.1. The monoisotopic (exact) mass is 164 g/mol. The Morgan fingerprint density at radius 1 is 0.917 bits per heavy atom. The predicted molar refractivity (Wildman–Crippen MR) is 51.0 cm³/mol. The van der Waals surface area contributed by atoms with E-state index in [9.17, 15) is 4.79 Å². The molecule has 0 spiro atoms. The Balaban J connectivity index is 2.38. The molecule has 0 heterocycles. The molecule has 0 saturated heterocycles. The SMILES string of the molecule is O=C1/C=C/CC/C=C/CCCC1. The van der Waals surface area contributed by atoms with E-state index in [4.69, 9.17) is 0 Å². The van der Waals surface area contributed by atoms with Crippen molar-refractivity contribution < 1.29 is 4.79 Å². The third-order valence-corrected chi connectivity index (χ3v) is 2.01. The fraction of sp³-hybridized carbons (Fsp3) is 0.545. The maximum atomic E-state index is 11.1. The van der Waals surface area contributed by atoms with Crippen molar-refractivity contribution in [3.63, 3.8) is 0 Å². The third kappa shape index (κ3) is 4.12. The van der Waals surface area contributed by atoms with Crippen LogP contribution < -0.4 is 0 Å². The van der Waals surface area contributed by atoms with E-state index in [1.807, 2.05) is 6.08 Å². The molecule has 0 aromatic carbocycles. The lowest BCUT2D eigenvalue weighted by Crippen LogP contribution is -1.91. The summed E-state index contributed by atoms with van der Waals surface area (Å²) >= 11 is 0. The van der Waals surface area contributed by atoms with E-state index in [0.29, 0.717) is 0 Å². The van der Waals surface area contributed by atoms with Crippen LogP contribution in [0.5, 0.6) is 0 Å². The molecule has 1 heteroatoms. The molecule has 0 N–H and O–H groups in total. The van der Waals surface area contributed by atoms with Gasteiger partial charge in [-0.1, -0.05) is 18.2 Å². The van der Waals surface area contributed by atoms with Crippen molar-refractivity contribution in [1.82, 2.24) is 0 Å². The highest BCUT2D eigenvalue weighted by Gasteiger charge is 1.96. The molecule has 0 unspecified atom stereocenters. The second kappa shape index (κ2) is 5.76. The van der Waals surface area contributed by atoms with Crippen molar-refractivity contribution in [1.29, 1.82) is 0 Å².